The number of anilines is 2. The lowest BCUT2D eigenvalue weighted by Crippen LogP contribution is -2.33. The molecule has 3 rings (SSSR count). The number of fused-ring (bicyclic) bond motifs is 1. The second-order valence-corrected chi connectivity index (χ2v) is 8.69. The average molecular weight is 422 g/mol. The van der Waals surface area contributed by atoms with Crippen molar-refractivity contribution in [1.29, 1.82) is 0 Å². The molecule has 0 amide bonds. The number of nitrogens with one attached hydrogen (secondary N) is 3. The van der Waals surface area contributed by atoms with Crippen LogP contribution in [-0.2, 0) is 10.0 Å². The maximum absolute atomic E-state index is 12.7. The normalized spacial score (nSPS) is 13.5. The first-order valence-electron chi connectivity index (χ1n) is 8.93. The third kappa shape index (κ3) is 5.26. The van der Waals surface area contributed by atoms with E-state index in [-0.39, 0.29) is 10.9 Å². The fraction of sp³-hybridized carbons (Fsp3) is 0.316. The minimum Gasteiger partial charge on any atom is -0.490 e. The molecule has 7 nitrogen and oxygen atoms in total. The lowest BCUT2D eigenvalue weighted by molar-refractivity contribution is 0.297. The van der Waals surface area contributed by atoms with Crippen molar-refractivity contribution in [3.63, 3.8) is 0 Å². The van der Waals surface area contributed by atoms with E-state index in [0.717, 1.165) is 12.1 Å². The van der Waals surface area contributed by atoms with Crippen LogP contribution in [0.3, 0.4) is 0 Å². The SMILES string of the molecule is CC(C)NC(=S)Nc1ccc(NS(=O)(=O)c2ccc3c(c2)OCCCO3)cc1. The number of ether oxygens (including phenoxy) is 2. The van der Waals surface area contributed by atoms with Crippen molar-refractivity contribution in [2.24, 2.45) is 0 Å². The van der Waals surface area contributed by atoms with Gasteiger partial charge >= 0.3 is 0 Å². The van der Waals surface area contributed by atoms with Gasteiger partial charge in [-0.25, -0.2) is 8.42 Å². The molecule has 0 saturated heterocycles. The van der Waals surface area contributed by atoms with Crippen LogP contribution < -0.4 is 24.8 Å². The Bertz CT molecular complexity index is 944. The van der Waals surface area contributed by atoms with E-state index in [1.54, 1.807) is 30.3 Å². The molecule has 9 heteroatoms. The van der Waals surface area contributed by atoms with Crippen molar-refractivity contribution >= 4 is 38.7 Å². The summed E-state index contributed by atoms with van der Waals surface area (Å²) in [4.78, 5) is 0.112. The van der Waals surface area contributed by atoms with E-state index in [2.05, 4.69) is 15.4 Å². The molecule has 0 unspecified atom stereocenters. The van der Waals surface area contributed by atoms with Crippen LogP contribution in [0, 0.1) is 0 Å². The third-order valence-corrected chi connectivity index (χ3v) is 5.44. The first kappa shape index (κ1) is 20.2. The molecule has 0 bridgehead atoms. The summed E-state index contributed by atoms with van der Waals surface area (Å²) in [6.45, 7) is 5.02. The van der Waals surface area contributed by atoms with Crippen LogP contribution in [0.15, 0.2) is 47.4 Å². The van der Waals surface area contributed by atoms with E-state index in [1.165, 1.54) is 12.1 Å². The molecule has 1 aliphatic rings. The zero-order valence-electron chi connectivity index (χ0n) is 15.7. The predicted octanol–water partition coefficient (Wildman–Crippen LogP) is 3.34. The van der Waals surface area contributed by atoms with E-state index in [0.29, 0.717) is 35.5 Å². The van der Waals surface area contributed by atoms with Gasteiger partial charge in [-0.3, -0.25) is 4.72 Å². The van der Waals surface area contributed by atoms with E-state index in [4.69, 9.17) is 21.7 Å². The van der Waals surface area contributed by atoms with Gasteiger partial charge < -0.3 is 20.1 Å². The largest absolute Gasteiger partial charge is 0.490 e. The van der Waals surface area contributed by atoms with Crippen LogP contribution in [0.1, 0.15) is 20.3 Å². The highest BCUT2D eigenvalue weighted by atomic mass is 32.2. The summed E-state index contributed by atoms with van der Waals surface area (Å²) in [5.74, 6) is 0.990. The second-order valence-electron chi connectivity index (χ2n) is 6.60. The zero-order valence-corrected chi connectivity index (χ0v) is 17.3. The Morgan fingerprint density at radius 3 is 2.32 bits per heavy atom. The van der Waals surface area contributed by atoms with Gasteiger partial charge in [-0.2, -0.15) is 0 Å². The summed E-state index contributed by atoms with van der Waals surface area (Å²) >= 11 is 5.20. The van der Waals surface area contributed by atoms with Gasteiger partial charge in [0.1, 0.15) is 0 Å². The Balaban J connectivity index is 1.70. The molecule has 0 aliphatic carbocycles. The first-order chi connectivity index (χ1) is 13.3. The van der Waals surface area contributed by atoms with Gasteiger partial charge in [0.15, 0.2) is 16.6 Å². The highest BCUT2D eigenvalue weighted by Gasteiger charge is 2.19. The van der Waals surface area contributed by atoms with E-state index >= 15 is 0 Å². The Morgan fingerprint density at radius 2 is 1.64 bits per heavy atom. The molecule has 1 heterocycles. The van der Waals surface area contributed by atoms with Crippen LogP contribution in [0.2, 0.25) is 0 Å². The number of hydrogen-bond acceptors (Lipinski definition) is 5. The van der Waals surface area contributed by atoms with Gasteiger partial charge in [0.25, 0.3) is 10.0 Å². The van der Waals surface area contributed by atoms with Crippen LogP contribution in [0.5, 0.6) is 11.5 Å². The van der Waals surface area contributed by atoms with Crippen molar-refractivity contribution in [2.45, 2.75) is 31.2 Å². The minimum atomic E-state index is -3.75. The van der Waals surface area contributed by atoms with Crippen molar-refractivity contribution in [3.8, 4) is 11.5 Å². The molecular weight excluding hydrogens is 398 g/mol. The zero-order chi connectivity index (χ0) is 20.1. The van der Waals surface area contributed by atoms with Gasteiger partial charge in [-0.15, -0.1) is 0 Å². The molecule has 150 valence electrons. The highest BCUT2D eigenvalue weighted by Crippen LogP contribution is 2.32. The monoisotopic (exact) mass is 421 g/mol. The van der Waals surface area contributed by atoms with Crippen LogP contribution >= 0.6 is 12.2 Å². The van der Waals surface area contributed by atoms with Crippen molar-refractivity contribution in [2.75, 3.05) is 23.3 Å². The lowest BCUT2D eigenvalue weighted by atomic mass is 10.3. The summed E-state index contributed by atoms with van der Waals surface area (Å²) < 4.78 is 39.1. The number of sulfonamides is 1. The van der Waals surface area contributed by atoms with Crippen molar-refractivity contribution in [1.82, 2.24) is 5.32 Å². The van der Waals surface area contributed by atoms with E-state index in [1.807, 2.05) is 13.8 Å². The van der Waals surface area contributed by atoms with Gasteiger partial charge in [0.2, 0.25) is 0 Å². The molecule has 28 heavy (non-hydrogen) atoms. The fourth-order valence-electron chi connectivity index (χ4n) is 2.58. The summed E-state index contributed by atoms with van der Waals surface area (Å²) in [5.41, 5.74) is 1.21. The van der Waals surface area contributed by atoms with Gasteiger partial charge in [0.05, 0.1) is 18.1 Å². The Labute approximate surface area is 170 Å². The van der Waals surface area contributed by atoms with Gasteiger partial charge in [0, 0.05) is 29.9 Å². The standard InChI is InChI=1S/C19H23N3O4S2/c1-13(2)20-19(27)21-14-4-6-15(7-5-14)22-28(23,24)16-8-9-17-18(12-16)26-11-3-10-25-17/h4-9,12-13,22H,3,10-11H2,1-2H3,(H2,20,21,27). The predicted molar refractivity (Wildman–Crippen MR) is 114 cm³/mol. The summed E-state index contributed by atoms with van der Waals surface area (Å²) in [6, 6.07) is 11.7. The van der Waals surface area contributed by atoms with Gasteiger partial charge in [-0.1, -0.05) is 0 Å². The van der Waals surface area contributed by atoms with Gasteiger partial charge in [-0.05, 0) is 62.5 Å². The molecular formula is C19H23N3O4S2. The van der Waals surface area contributed by atoms with E-state index < -0.39 is 10.0 Å². The molecule has 2 aromatic carbocycles. The molecule has 0 atom stereocenters. The smallest absolute Gasteiger partial charge is 0.262 e. The molecule has 0 fully saturated rings. The van der Waals surface area contributed by atoms with Crippen molar-refractivity contribution < 1.29 is 17.9 Å². The van der Waals surface area contributed by atoms with Crippen molar-refractivity contribution in [3.05, 3.63) is 42.5 Å². The molecule has 0 aromatic heterocycles. The number of hydrogen-bond donors (Lipinski definition) is 3. The number of rotatable bonds is 5. The molecule has 0 saturated carbocycles. The van der Waals surface area contributed by atoms with E-state index in [9.17, 15) is 8.42 Å². The Morgan fingerprint density at radius 1 is 1.00 bits per heavy atom. The van der Waals surface area contributed by atoms with Crippen LogP contribution in [0.4, 0.5) is 11.4 Å². The summed E-state index contributed by atoms with van der Waals surface area (Å²) in [7, 11) is -3.75. The maximum atomic E-state index is 12.7. The van der Waals surface area contributed by atoms with Crippen LogP contribution in [0.25, 0.3) is 0 Å². The van der Waals surface area contributed by atoms with Crippen LogP contribution in [-0.4, -0.2) is 32.8 Å². The molecule has 2 aromatic rings. The Hall–Kier alpha value is -2.52. The number of benzene rings is 2. The first-order valence-corrected chi connectivity index (χ1v) is 10.8. The molecule has 1 aliphatic heterocycles. The maximum Gasteiger partial charge on any atom is 0.262 e. The fourth-order valence-corrected chi connectivity index (χ4v) is 4.00. The topological polar surface area (TPSA) is 88.7 Å². The lowest BCUT2D eigenvalue weighted by Gasteiger charge is -2.14. The summed E-state index contributed by atoms with van der Waals surface area (Å²) in [5, 5.41) is 6.64. The highest BCUT2D eigenvalue weighted by molar-refractivity contribution is 7.92. The third-order valence-electron chi connectivity index (χ3n) is 3.84. The molecule has 3 N–H and O–H groups in total. The minimum absolute atomic E-state index is 0.112. The quantitative estimate of drug-likeness (QED) is 0.638. The molecule has 0 spiro atoms. The second kappa shape index (κ2) is 8.66. The summed E-state index contributed by atoms with van der Waals surface area (Å²) in [6.07, 6.45) is 0.755. The average Bonchev–Trinajstić information content (AvgIpc) is 2.87. The number of thiocarbonyl (C=S) groups is 1. The molecule has 0 radical (unpaired) electrons. The Kier molecular flexibility index (Phi) is 6.25.